The van der Waals surface area contributed by atoms with E-state index in [0.29, 0.717) is 6.07 Å². The normalized spacial score (nSPS) is 12.1. The zero-order chi connectivity index (χ0) is 14.8. The van der Waals surface area contributed by atoms with Gasteiger partial charge in [-0.3, -0.25) is 9.35 Å². The Kier molecular flexibility index (Phi) is 4.06. The molecule has 1 aromatic carbocycles. The van der Waals surface area contributed by atoms with Crippen LogP contribution in [0.25, 0.3) is 0 Å². The molecule has 1 N–H and O–H groups in total. The largest absolute Gasteiger partial charge is 0.492 e. The monoisotopic (exact) mass is 300 g/mol. The summed E-state index contributed by atoms with van der Waals surface area (Å²) in [6, 6.07) is 1.22. The van der Waals surface area contributed by atoms with E-state index in [1.165, 1.54) is 0 Å². The third-order valence-corrected chi connectivity index (χ3v) is 2.35. The highest BCUT2D eigenvalue weighted by Crippen LogP contribution is 2.43. The van der Waals surface area contributed by atoms with Crippen LogP contribution in [-0.2, 0) is 16.6 Å². The number of alkyl halides is 3. The van der Waals surface area contributed by atoms with E-state index >= 15 is 0 Å². The average molecular weight is 300 g/mol. The van der Waals surface area contributed by atoms with Crippen molar-refractivity contribution in [1.29, 1.82) is 0 Å². The van der Waals surface area contributed by atoms with Gasteiger partial charge in [0.2, 0.25) is 0 Å². The molecule has 0 heterocycles. The summed E-state index contributed by atoms with van der Waals surface area (Å²) in [7, 11) is -4.30. The molecule has 1 rings (SSSR count). The number of rotatable bonds is 4. The zero-order valence-corrected chi connectivity index (χ0v) is 10.1. The Balaban J connectivity index is 3.63. The van der Waals surface area contributed by atoms with Crippen molar-refractivity contribution in [2.24, 2.45) is 0 Å². The van der Waals surface area contributed by atoms with Crippen LogP contribution in [0, 0.1) is 0 Å². The van der Waals surface area contributed by atoms with Crippen molar-refractivity contribution in [3.63, 3.8) is 0 Å². The second-order valence-corrected chi connectivity index (χ2v) is 4.21. The summed E-state index contributed by atoms with van der Waals surface area (Å²) in [6.45, 7) is 0. The fourth-order valence-electron chi connectivity index (χ4n) is 1.29. The van der Waals surface area contributed by atoms with Crippen LogP contribution in [0.3, 0.4) is 0 Å². The summed E-state index contributed by atoms with van der Waals surface area (Å²) in [5.41, 5.74) is -1.87. The smallest absolute Gasteiger partial charge is 0.446 e. The molecule has 0 bridgehead atoms. The van der Waals surface area contributed by atoms with Gasteiger partial charge in [-0.2, -0.15) is 21.6 Å². The number of methoxy groups -OCH3 is 1. The molecule has 0 aliphatic carbocycles. The number of hydrogen-bond donors (Lipinski definition) is 1. The molecule has 10 heteroatoms. The summed E-state index contributed by atoms with van der Waals surface area (Å²) >= 11 is 0. The molecule has 0 saturated carbocycles. The van der Waals surface area contributed by atoms with Crippen molar-refractivity contribution in [2.75, 3.05) is 7.11 Å². The summed E-state index contributed by atoms with van der Waals surface area (Å²) in [4.78, 5) is 10.6. The van der Waals surface area contributed by atoms with E-state index in [-0.39, 0.29) is 11.8 Å². The molecule has 0 fully saturated rings. The third kappa shape index (κ3) is 3.58. The van der Waals surface area contributed by atoms with Gasteiger partial charge in [0.15, 0.2) is 17.8 Å². The highest BCUT2D eigenvalue weighted by Gasteiger charge is 2.38. The molecule has 0 saturated heterocycles. The van der Waals surface area contributed by atoms with Gasteiger partial charge in [0.1, 0.15) is 5.56 Å². The van der Waals surface area contributed by atoms with Gasteiger partial charge >= 0.3 is 16.6 Å². The van der Waals surface area contributed by atoms with Gasteiger partial charge in [-0.15, -0.1) is 0 Å². The number of carbonyl (C=O) groups excluding carboxylic acids is 1. The van der Waals surface area contributed by atoms with Crippen LogP contribution in [0.1, 0.15) is 15.9 Å². The van der Waals surface area contributed by atoms with Crippen molar-refractivity contribution >= 4 is 16.7 Å². The molecule has 1 aromatic rings. The van der Waals surface area contributed by atoms with Gasteiger partial charge in [0.05, 0.1) is 12.7 Å². The maximum absolute atomic E-state index is 12.7. The van der Waals surface area contributed by atoms with Crippen LogP contribution < -0.4 is 8.92 Å². The molecule has 0 radical (unpaired) electrons. The van der Waals surface area contributed by atoms with E-state index in [1.54, 1.807) is 0 Å². The van der Waals surface area contributed by atoms with Crippen molar-refractivity contribution < 1.29 is 39.9 Å². The van der Waals surface area contributed by atoms with Crippen molar-refractivity contribution in [2.45, 2.75) is 6.18 Å². The van der Waals surface area contributed by atoms with E-state index < -0.39 is 33.6 Å². The molecule has 0 aliphatic rings. The van der Waals surface area contributed by atoms with Crippen molar-refractivity contribution in [3.05, 3.63) is 23.3 Å². The minimum atomic E-state index is -5.21. The predicted molar refractivity (Wildman–Crippen MR) is 55.6 cm³/mol. The first-order valence-electron chi connectivity index (χ1n) is 4.50. The first-order chi connectivity index (χ1) is 8.60. The molecule has 0 unspecified atom stereocenters. The summed E-state index contributed by atoms with van der Waals surface area (Å²) in [6.07, 6.45) is -4.81. The van der Waals surface area contributed by atoms with Crippen molar-refractivity contribution in [1.82, 2.24) is 0 Å². The molecule has 6 nitrogen and oxygen atoms in total. The highest BCUT2D eigenvalue weighted by molar-refractivity contribution is 7.81. The molecular weight excluding hydrogens is 293 g/mol. The average Bonchev–Trinajstić information content (AvgIpc) is 2.24. The first kappa shape index (κ1) is 15.2. The molecule has 0 aliphatic heterocycles. The molecular formula is C9H7F3O6S. The van der Waals surface area contributed by atoms with Gasteiger partial charge in [0.25, 0.3) is 0 Å². The molecule has 106 valence electrons. The van der Waals surface area contributed by atoms with Gasteiger partial charge < -0.3 is 8.92 Å². The van der Waals surface area contributed by atoms with E-state index in [9.17, 15) is 26.4 Å². The lowest BCUT2D eigenvalue weighted by Gasteiger charge is -2.16. The first-order valence-corrected chi connectivity index (χ1v) is 5.87. The second-order valence-electron chi connectivity index (χ2n) is 3.19. The number of aldehydes is 1. The van der Waals surface area contributed by atoms with Crippen LogP contribution in [0.5, 0.6) is 11.5 Å². The van der Waals surface area contributed by atoms with Crippen LogP contribution >= 0.6 is 0 Å². The van der Waals surface area contributed by atoms with Gasteiger partial charge in [-0.1, -0.05) is 0 Å². The number of hydrogen-bond acceptors (Lipinski definition) is 5. The maximum Gasteiger partial charge on any atom is 0.446 e. The maximum atomic E-state index is 12.7. The second kappa shape index (κ2) is 5.05. The van der Waals surface area contributed by atoms with Crippen LogP contribution in [0.4, 0.5) is 13.2 Å². The summed E-state index contributed by atoms with van der Waals surface area (Å²) in [5, 5.41) is 0. The number of benzene rings is 1. The molecule has 19 heavy (non-hydrogen) atoms. The Labute approximate surface area is 105 Å². The number of ether oxygens (including phenoxy) is 1. The van der Waals surface area contributed by atoms with Crippen LogP contribution in [-0.4, -0.2) is 26.4 Å². The number of halogens is 3. The fraction of sp³-hybridized carbons (Fsp3) is 0.222. The quantitative estimate of drug-likeness (QED) is 0.672. The standard InChI is InChI=1S/C9H7F3O6S/c1-17-7-5(4-13)2-3-6(9(10,11)12)8(7)18-19(14,15)16/h2-4H,1H3,(H,14,15,16). The molecule has 0 atom stereocenters. The Morgan fingerprint density at radius 3 is 2.21 bits per heavy atom. The molecule has 0 amide bonds. The lowest BCUT2D eigenvalue weighted by molar-refractivity contribution is -0.138. The predicted octanol–water partition coefficient (Wildman–Crippen LogP) is 1.71. The topological polar surface area (TPSA) is 89.9 Å². The Bertz CT molecular complexity index is 593. The van der Waals surface area contributed by atoms with E-state index in [2.05, 4.69) is 8.92 Å². The lowest BCUT2D eigenvalue weighted by atomic mass is 10.1. The SMILES string of the molecule is COc1c(C=O)ccc(C(F)(F)F)c1OS(=O)(=O)O. The minimum absolute atomic E-state index is 0.149. The van der Waals surface area contributed by atoms with Crippen LogP contribution in [0.15, 0.2) is 12.1 Å². The fourth-order valence-corrected chi connectivity index (χ4v) is 1.67. The summed E-state index contributed by atoms with van der Waals surface area (Å²) in [5.74, 6) is -2.05. The van der Waals surface area contributed by atoms with E-state index in [0.717, 1.165) is 13.2 Å². The van der Waals surface area contributed by atoms with Gasteiger partial charge in [-0.25, -0.2) is 0 Å². The summed E-state index contributed by atoms with van der Waals surface area (Å²) < 4.78 is 76.0. The highest BCUT2D eigenvalue weighted by atomic mass is 32.3. The van der Waals surface area contributed by atoms with Gasteiger partial charge in [-0.05, 0) is 12.1 Å². The molecule has 0 aromatic heterocycles. The van der Waals surface area contributed by atoms with E-state index in [1.807, 2.05) is 0 Å². The Morgan fingerprint density at radius 2 is 1.84 bits per heavy atom. The Morgan fingerprint density at radius 1 is 1.26 bits per heavy atom. The van der Waals surface area contributed by atoms with Crippen molar-refractivity contribution in [3.8, 4) is 11.5 Å². The zero-order valence-electron chi connectivity index (χ0n) is 9.26. The lowest BCUT2D eigenvalue weighted by Crippen LogP contribution is -2.14. The van der Waals surface area contributed by atoms with Crippen LogP contribution in [0.2, 0.25) is 0 Å². The van der Waals surface area contributed by atoms with E-state index in [4.69, 9.17) is 4.55 Å². The third-order valence-electron chi connectivity index (χ3n) is 1.97. The molecule has 0 spiro atoms. The minimum Gasteiger partial charge on any atom is -0.492 e. The Hall–Kier alpha value is -1.81. The number of carbonyl (C=O) groups is 1. The van der Waals surface area contributed by atoms with Gasteiger partial charge in [0, 0.05) is 0 Å².